The Morgan fingerprint density at radius 3 is 2.75 bits per heavy atom. The molecule has 3 N–H and O–H groups in total. The van der Waals surface area contributed by atoms with E-state index in [0.29, 0.717) is 24.9 Å². The van der Waals surface area contributed by atoms with Crippen LogP contribution in [0.4, 0.5) is 5.95 Å². The Hall–Kier alpha value is -1.69. The van der Waals surface area contributed by atoms with Gasteiger partial charge >= 0.3 is 0 Å². The molecule has 0 unspecified atom stereocenters. The fourth-order valence-electron chi connectivity index (χ4n) is 1.60. The van der Waals surface area contributed by atoms with Crippen LogP contribution in [0.15, 0.2) is 6.07 Å². The molecule has 0 amide bonds. The Kier molecular flexibility index (Phi) is 3.00. The second kappa shape index (κ2) is 4.44. The topological polar surface area (TPSA) is 88.1 Å². The maximum Gasteiger partial charge on any atom is 0.226 e. The van der Waals surface area contributed by atoms with E-state index in [4.69, 9.17) is 15.9 Å². The van der Waals surface area contributed by atoms with Crippen LogP contribution >= 0.6 is 0 Å². The molecule has 1 saturated heterocycles. The summed E-state index contributed by atoms with van der Waals surface area (Å²) in [7, 11) is 0. The molecule has 1 aliphatic rings. The molecule has 6 nitrogen and oxygen atoms in total. The molecule has 0 radical (unpaired) electrons. The predicted octanol–water partition coefficient (Wildman–Crippen LogP) is -0.0943. The van der Waals surface area contributed by atoms with Crippen molar-refractivity contribution in [1.82, 2.24) is 9.97 Å². The summed E-state index contributed by atoms with van der Waals surface area (Å²) in [6, 6.07) is 1.71. The minimum Gasteiger partial charge on any atom is -0.382 e. The van der Waals surface area contributed by atoms with Gasteiger partial charge in [0.15, 0.2) is 0 Å². The van der Waals surface area contributed by atoms with Crippen LogP contribution in [-0.4, -0.2) is 42.1 Å². The molecule has 0 saturated carbocycles. The molecule has 86 valence electrons. The van der Waals surface area contributed by atoms with Crippen LogP contribution in [-0.2, 0) is 4.74 Å². The summed E-state index contributed by atoms with van der Waals surface area (Å²) in [5.74, 6) is 0.605. The standard InChI is InChI=1S/C10H15N5O/c1-7-6-8(9(11)12)14-10(13-7)15-2-4-16-5-3-15/h6H,2-5H2,1H3,(H3,11,12). The highest BCUT2D eigenvalue weighted by Crippen LogP contribution is 2.11. The molecule has 0 aliphatic carbocycles. The van der Waals surface area contributed by atoms with Crippen molar-refractivity contribution in [2.24, 2.45) is 5.73 Å². The van der Waals surface area contributed by atoms with Gasteiger partial charge in [0.25, 0.3) is 0 Å². The van der Waals surface area contributed by atoms with Gasteiger partial charge in [-0.25, -0.2) is 9.97 Å². The zero-order valence-electron chi connectivity index (χ0n) is 9.23. The fourth-order valence-corrected chi connectivity index (χ4v) is 1.60. The molecule has 16 heavy (non-hydrogen) atoms. The minimum absolute atomic E-state index is 0.0278. The van der Waals surface area contributed by atoms with E-state index in [1.807, 2.05) is 11.8 Å². The number of aryl methyl sites for hydroxylation is 1. The van der Waals surface area contributed by atoms with E-state index >= 15 is 0 Å². The molecule has 0 aromatic carbocycles. The van der Waals surface area contributed by atoms with Crippen LogP contribution < -0.4 is 10.6 Å². The lowest BCUT2D eigenvalue weighted by Crippen LogP contribution is -2.37. The normalized spacial score (nSPS) is 16.2. The third-order valence-corrected chi connectivity index (χ3v) is 2.41. The maximum atomic E-state index is 7.39. The lowest BCUT2D eigenvalue weighted by atomic mass is 10.3. The number of nitrogens with one attached hydrogen (secondary N) is 1. The highest BCUT2D eigenvalue weighted by Gasteiger charge is 2.15. The van der Waals surface area contributed by atoms with Gasteiger partial charge < -0.3 is 15.4 Å². The van der Waals surface area contributed by atoms with Crippen molar-refractivity contribution in [3.05, 3.63) is 17.5 Å². The molecular weight excluding hydrogens is 206 g/mol. The number of hydrogen-bond donors (Lipinski definition) is 2. The average molecular weight is 221 g/mol. The molecule has 1 fully saturated rings. The zero-order valence-corrected chi connectivity index (χ0v) is 9.23. The summed E-state index contributed by atoms with van der Waals surface area (Å²) in [6.45, 7) is 4.80. The minimum atomic E-state index is -0.0278. The highest BCUT2D eigenvalue weighted by molar-refractivity contribution is 5.93. The molecular formula is C10H15N5O. The van der Waals surface area contributed by atoms with Crippen molar-refractivity contribution in [1.29, 1.82) is 5.41 Å². The second-order valence-corrected chi connectivity index (χ2v) is 3.71. The number of amidine groups is 1. The molecule has 1 aliphatic heterocycles. The monoisotopic (exact) mass is 221 g/mol. The molecule has 2 heterocycles. The third kappa shape index (κ3) is 2.27. The number of aromatic nitrogens is 2. The predicted molar refractivity (Wildman–Crippen MR) is 60.8 cm³/mol. The Bertz CT molecular complexity index is 400. The van der Waals surface area contributed by atoms with Crippen LogP contribution in [0.1, 0.15) is 11.4 Å². The summed E-state index contributed by atoms with van der Waals surface area (Å²) in [6.07, 6.45) is 0. The zero-order chi connectivity index (χ0) is 11.5. The van der Waals surface area contributed by atoms with Crippen LogP contribution in [0.5, 0.6) is 0 Å². The molecule has 0 atom stereocenters. The SMILES string of the molecule is Cc1cc(C(=N)N)nc(N2CCOCC2)n1. The van der Waals surface area contributed by atoms with Crippen molar-refractivity contribution in [2.45, 2.75) is 6.92 Å². The van der Waals surface area contributed by atoms with E-state index in [-0.39, 0.29) is 5.84 Å². The third-order valence-electron chi connectivity index (χ3n) is 2.41. The number of nitrogens with zero attached hydrogens (tertiary/aromatic N) is 3. The average Bonchev–Trinajstić information content (AvgIpc) is 2.29. The quantitative estimate of drug-likeness (QED) is 0.538. The van der Waals surface area contributed by atoms with Gasteiger partial charge in [0.05, 0.1) is 13.2 Å². The molecule has 2 rings (SSSR count). The van der Waals surface area contributed by atoms with Gasteiger partial charge in [0, 0.05) is 18.8 Å². The van der Waals surface area contributed by atoms with Gasteiger partial charge in [-0.15, -0.1) is 0 Å². The summed E-state index contributed by atoms with van der Waals surface area (Å²) >= 11 is 0. The van der Waals surface area contributed by atoms with Crippen LogP contribution in [0.2, 0.25) is 0 Å². The van der Waals surface area contributed by atoms with E-state index < -0.39 is 0 Å². The van der Waals surface area contributed by atoms with Crippen molar-refractivity contribution in [2.75, 3.05) is 31.2 Å². The first kappa shape index (κ1) is 10.8. The van der Waals surface area contributed by atoms with Gasteiger partial charge in [0.2, 0.25) is 5.95 Å². The van der Waals surface area contributed by atoms with Crippen LogP contribution in [0.25, 0.3) is 0 Å². The second-order valence-electron chi connectivity index (χ2n) is 3.71. The number of ether oxygens (including phenoxy) is 1. The molecule has 0 bridgehead atoms. The first-order valence-corrected chi connectivity index (χ1v) is 5.19. The Morgan fingerprint density at radius 2 is 2.12 bits per heavy atom. The summed E-state index contributed by atoms with van der Waals surface area (Å²) in [4.78, 5) is 10.7. The number of rotatable bonds is 2. The largest absolute Gasteiger partial charge is 0.382 e. The number of nitrogens with two attached hydrogens (primary N) is 1. The van der Waals surface area contributed by atoms with Gasteiger partial charge in [-0.05, 0) is 13.0 Å². The lowest BCUT2D eigenvalue weighted by molar-refractivity contribution is 0.122. The van der Waals surface area contributed by atoms with Gasteiger partial charge in [-0.1, -0.05) is 0 Å². The molecule has 1 aromatic rings. The molecule has 6 heteroatoms. The number of hydrogen-bond acceptors (Lipinski definition) is 5. The fraction of sp³-hybridized carbons (Fsp3) is 0.500. The summed E-state index contributed by atoms with van der Waals surface area (Å²) in [5.41, 5.74) is 6.73. The lowest BCUT2D eigenvalue weighted by Gasteiger charge is -2.27. The Balaban J connectivity index is 2.28. The molecule has 0 spiro atoms. The Labute approximate surface area is 94.0 Å². The molecule has 1 aromatic heterocycles. The Morgan fingerprint density at radius 1 is 1.44 bits per heavy atom. The number of anilines is 1. The maximum absolute atomic E-state index is 7.39. The van der Waals surface area contributed by atoms with E-state index in [1.165, 1.54) is 0 Å². The van der Waals surface area contributed by atoms with Crippen molar-refractivity contribution < 1.29 is 4.74 Å². The smallest absolute Gasteiger partial charge is 0.226 e. The van der Waals surface area contributed by atoms with Crippen LogP contribution in [0, 0.1) is 12.3 Å². The van der Waals surface area contributed by atoms with E-state index in [2.05, 4.69) is 9.97 Å². The first-order valence-electron chi connectivity index (χ1n) is 5.19. The number of morpholine rings is 1. The number of nitrogen functional groups attached to an aromatic ring is 1. The highest BCUT2D eigenvalue weighted by atomic mass is 16.5. The van der Waals surface area contributed by atoms with Crippen molar-refractivity contribution in [3.63, 3.8) is 0 Å². The van der Waals surface area contributed by atoms with E-state index in [9.17, 15) is 0 Å². The summed E-state index contributed by atoms with van der Waals surface area (Å²) in [5, 5.41) is 7.39. The van der Waals surface area contributed by atoms with Crippen molar-refractivity contribution >= 4 is 11.8 Å². The van der Waals surface area contributed by atoms with Crippen molar-refractivity contribution in [3.8, 4) is 0 Å². The van der Waals surface area contributed by atoms with E-state index in [0.717, 1.165) is 18.8 Å². The van der Waals surface area contributed by atoms with E-state index in [1.54, 1.807) is 6.07 Å². The summed E-state index contributed by atoms with van der Waals surface area (Å²) < 4.78 is 5.26. The van der Waals surface area contributed by atoms with Gasteiger partial charge in [0.1, 0.15) is 11.5 Å². The van der Waals surface area contributed by atoms with Gasteiger partial charge in [-0.3, -0.25) is 5.41 Å². The van der Waals surface area contributed by atoms with Crippen LogP contribution in [0.3, 0.4) is 0 Å². The first-order chi connectivity index (χ1) is 7.66. The van der Waals surface area contributed by atoms with Gasteiger partial charge in [-0.2, -0.15) is 0 Å².